The van der Waals surface area contributed by atoms with Crippen molar-refractivity contribution in [3.8, 4) is 5.75 Å². The molecule has 2 rings (SSSR count). The Balaban J connectivity index is 1.99. The molecule has 0 unspecified atom stereocenters. The van der Waals surface area contributed by atoms with E-state index in [1.165, 1.54) is 0 Å². The summed E-state index contributed by atoms with van der Waals surface area (Å²) in [6.45, 7) is 4.18. The Bertz CT molecular complexity index is 508. The van der Waals surface area contributed by atoms with Gasteiger partial charge in [-0.15, -0.1) is 0 Å². The molecule has 2 aromatic rings. The zero-order valence-electron chi connectivity index (χ0n) is 10.6. The van der Waals surface area contributed by atoms with E-state index < -0.39 is 0 Å². The number of ether oxygens (including phenoxy) is 1. The molecular weight excluding hydrogens is 230 g/mol. The lowest BCUT2D eigenvalue weighted by molar-refractivity contribution is 0.242. The van der Waals surface area contributed by atoms with Crippen molar-refractivity contribution in [3.05, 3.63) is 41.5 Å². The highest BCUT2D eigenvalue weighted by molar-refractivity contribution is 5.30. The number of aromatic nitrogens is 2. The molecule has 2 N–H and O–H groups in total. The molecule has 96 valence electrons. The molecule has 5 nitrogen and oxygen atoms in total. The number of hydrogen-bond donors (Lipinski definition) is 1. The molecule has 0 amide bonds. The van der Waals surface area contributed by atoms with Crippen LogP contribution < -0.4 is 10.5 Å². The highest BCUT2D eigenvalue weighted by Gasteiger charge is 2.06. The van der Waals surface area contributed by atoms with Crippen LogP contribution in [-0.2, 0) is 13.0 Å². The Hall–Kier alpha value is -1.88. The maximum absolute atomic E-state index is 5.81. The minimum Gasteiger partial charge on any atom is -0.484 e. The van der Waals surface area contributed by atoms with E-state index in [9.17, 15) is 0 Å². The minimum atomic E-state index is -0.0105. The number of nitrogens with zero attached hydrogens (tertiary/aromatic N) is 2. The standard InChI is InChI=1S/C13H17N3O2/c1-3-12-15-13(18-16-12)8-17-11-6-4-5-10(7-11)9(2)14/h4-7,9H,3,8,14H2,1-2H3/t9-/m1/s1. The summed E-state index contributed by atoms with van der Waals surface area (Å²) in [7, 11) is 0. The van der Waals surface area contributed by atoms with E-state index in [4.69, 9.17) is 15.0 Å². The van der Waals surface area contributed by atoms with Crippen LogP contribution in [0.4, 0.5) is 0 Å². The van der Waals surface area contributed by atoms with Crippen LogP contribution >= 0.6 is 0 Å². The molecular formula is C13H17N3O2. The fourth-order valence-electron chi connectivity index (χ4n) is 1.53. The van der Waals surface area contributed by atoms with Gasteiger partial charge in [0.1, 0.15) is 5.75 Å². The van der Waals surface area contributed by atoms with Gasteiger partial charge in [-0.25, -0.2) is 0 Å². The zero-order valence-corrected chi connectivity index (χ0v) is 10.6. The van der Waals surface area contributed by atoms with Crippen molar-refractivity contribution in [3.63, 3.8) is 0 Å². The topological polar surface area (TPSA) is 74.2 Å². The molecule has 1 atom stereocenters. The molecule has 0 radical (unpaired) electrons. The summed E-state index contributed by atoms with van der Waals surface area (Å²) in [5.74, 6) is 1.93. The Morgan fingerprint density at radius 2 is 2.28 bits per heavy atom. The van der Waals surface area contributed by atoms with Gasteiger partial charge in [-0.2, -0.15) is 4.98 Å². The molecule has 0 aliphatic rings. The average Bonchev–Trinajstić information content (AvgIpc) is 2.84. The van der Waals surface area contributed by atoms with Crippen molar-refractivity contribution in [1.29, 1.82) is 0 Å². The van der Waals surface area contributed by atoms with Crippen molar-refractivity contribution < 1.29 is 9.26 Å². The largest absolute Gasteiger partial charge is 0.484 e. The third-order valence-corrected chi connectivity index (χ3v) is 2.57. The zero-order chi connectivity index (χ0) is 13.0. The molecule has 0 spiro atoms. The Morgan fingerprint density at radius 3 is 2.94 bits per heavy atom. The van der Waals surface area contributed by atoms with E-state index in [-0.39, 0.29) is 12.6 Å². The first kappa shape index (κ1) is 12.6. The molecule has 0 bridgehead atoms. The van der Waals surface area contributed by atoms with E-state index in [0.29, 0.717) is 11.7 Å². The molecule has 1 heterocycles. The van der Waals surface area contributed by atoms with Gasteiger partial charge in [-0.1, -0.05) is 24.2 Å². The van der Waals surface area contributed by atoms with Crippen LogP contribution in [0.2, 0.25) is 0 Å². The van der Waals surface area contributed by atoms with Crippen LogP contribution in [0.1, 0.15) is 37.2 Å². The van der Waals surface area contributed by atoms with Crippen molar-refractivity contribution in [1.82, 2.24) is 10.1 Å². The fraction of sp³-hybridized carbons (Fsp3) is 0.385. The van der Waals surface area contributed by atoms with Gasteiger partial charge in [0.25, 0.3) is 5.89 Å². The lowest BCUT2D eigenvalue weighted by Gasteiger charge is -2.08. The van der Waals surface area contributed by atoms with E-state index in [1.807, 2.05) is 38.1 Å². The first-order chi connectivity index (χ1) is 8.69. The summed E-state index contributed by atoms with van der Waals surface area (Å²) in [5.41, 5.74) is 6.85. The summed E-state index contributed by atoms with van der Waals surface area (Å²) in [6.07, 6.45) is 0.754. The summed E-state index contributed by atoms with van der Waals surface area (Å²) in [5, 5.41) is 3.81. The summed E-state index contributed by atoms with van der Waals surface area (Å²) >= 11 is 0. The normalized spacial score (nSPS) is 12.4. The molecule has 0 saturated carbocycles. The van der Waals surface area contributed by atoms with Gasteiger partial charge in [0.15, 0.2) is 12.4 Å². The van der Waals surface area contributed by atoms with E-state index in [0.717, 1.165) is 17.7 Å². The van der Waals surface area contributed by atoms with Gasteiger partial charge < -0.3 is 15.0 Å². The van der Waals surface area contributed by atoms with Gasteiger partial charge in [0.2, 0.25) is 0 Å². The second kappa shape index (κ2) is 5.64. The third kappa shape index (κ3) is 3.07. The fourth-order valence-corrected chi connectivity index (χ4v) is 1.53. The maximum atomic E-state index is 5.81. The second-order valence-electron chi connectivity index (χ2n) is 4.11. The van der Waals surface area contributed by atoms with E-state index in [2.05, 4.69) is 10.1 Å². The molecule has 1 aromatic heterocycles. The van der Waals surface area contributed by atoms with Crippen LogP contribution in [-0.4, -0.2) is 10.1 Å². The van der Waals surface area contributed by atoms with Gasteiger partial charge in [-0.3, -0.25) is 0 Å². The number of hydrogen-bond acceptors (Lipinski definition) is 5. The molecule has 5 heteroatoms. The van der Waals surface area contributed by atoms with Crippen LogP contribution in [0.15, 0.2) is 28.8 Å². The summed E-state index contributed by atoms with van der Waals surface area (Å²) in [4.78, 5) is 4.17. The van der Waals surface area contributed by atoms with Crippen LogP contribution in [0.3, 0.4) is 0 Å². The highest BCUT2D eigenvalue weighted by atomic mass is 16.5. The predicted molar refractivity (Wildman–Crippen MR) is 67.1 cm³/mol. The average molecular weight is 247 g/mol. The van der Waals surface area contributed by atoms with Crippen LogP contribution in [0.5, 0.6) is 5.75 Å². The van der Waals surface area contributed by atoms with Gasteiger partial charge >= 0.3 is 0 Å². The van der Waals surface area contributed by atoms with Crippen molar-refractivity contribution >= 4 is 0 Å². The lowest BCUT2D eigenvalue weighted by Crippen LogP contribution is -2.05. The third-order valence-electron chi connectivity index (χ3n) is 2.57. The van der Waals surface area contributed by atoms with Crippen LogP contribution in [0, 0.1) is 0 Å². The molecule has 0 saturated heterocycles. The van der Waals surface area contributed by atoms with E-state index in [1.54, 1.807) is 0 Å². The number of aryl methyl sites for hydroxylation is 1. The summed E-state index contributed by atoms with van der Waals surface area (Å²) in [6, 6.07) is 7.67. The molecule has 0 aliphatic carbocycles. The molecule has 18 heavy (non-hydrogen) atoms. The molecule has 0 fully saturated rings. The SMILES string of the molecule is CCc1noc(COc2cccc([C@@H](C)N)c2)n1. The monoisotopic (exact) mass is 247 g/mol. The first-order valence-corrected chi connectivity index (χ1v) is 5.99. The van der Waals surface area contributed by atoms with Crippen molar-refractivity contribution in [2.45, 2.75) is 32.9 Å². The molecule has 0 aliphatic heterocycles. The van der Waals surface area contributed by atoms with Gasteiger partial charge in [0, 0.05) is 12.5 Å². The lowest BCUT2D eigenvalue weighted by atomic mass is 10.1. The summed E-state index contributed by atoms with van der Waals surface area (Å²) < 4.78 is 10.6. The maximum Gasteiger partial charge on any atom is 0.264 e. The predicted octanol–water partition coefficient (Wildman–Crippen LogP) is 2.23. The van der Waals surface area contributed by atoms with Crippen molar-refractivity contribution in [2.75, 3.05) is 0 Å². The second-order valence-corrected chi connectivity index (χ2v) is 4.11. The number of benzene rings is 1. The first-order valence-electron chi connectivity index (χ1n) is 5.99. The number of nitrogens with two attached hydrogens (primary N) is 1. The Kier molecular flexibility index (Phi) is 3.94. The highest BCUT2D eigenvalue weighted by Crippen LogP contribution is 2.18. The van der Waals surface area contributed by atoms with Gasteiger partial charge in [-0.05, 0) is 24.6 Å². The quantitative estimate of drug-likeness (QED) is 0.877. The van der Waals surface area contributed by atoms with E-state index >= 15 is 0 Å². The Labute approximate surface area is 106 Å². The minimum absolute atomic E-state index is 0.0105. The van der Waals surface area contributed by atoms with Crippen LogP contribution in [0.25, 0.3) is 0 Å². The Morgan fingerprint density at radius 1 is 1.44 bits per heavy atom. The molecule has 1 aromatic carbocycles. The smallest absolute Gasteiger partial charge is 0.264 e. The number of rotatable bonds is 5. The van der Waals surface area contributed by atoms with Crippen molar-refractivity contribution in [2.24, 2.45) is 5.73 Å². The van der Waals surface area contributed by atoms with Gasteiger partial charge in [0.05, 0.1) is 0 Å².